The molecule has 2 fully saturated rings. The predicted octanol–water partition coefficient (Wildman–Crippen LogP) is 5.49. The number of aryl methyl sites for hydroxylation is 1. The summed E-state index contributed by atoms with van der Waals surface area (Å²) in [5, 5.41) is 3.99. The molecule has 0 radical (unpaired) electrons. The lowest BCUT2D eigenvalue weighted by atomic mass is 9.74. The second-order valence-electron chi connectivity index (χ2n) is 11.7. The molecule has 39 heavy (non-hydrogen) atoms. The van der Waals surface area contributed by atoms with Crippen molar-refractivity contribution in [1.29, 1.82) is 0 Å². The van der Waals surface area contributed by atoms with Gasteiger partial charge in [-0.15, -0.1) is 0 Å². The van der Waals surface area contributed by atoms with Crippen LogP contribution in [0.25, 0.3) is 11.0 Å². The molecular weight excluding hydrogens is 497 g/mol. The van der Waals surface area contributed by atoms with E-state index in [0.29, 0.717) is 58.5 Å². The van der Waals surface area contributed by atoms with Crippen LogP contribution in [-0.4, -0.2) is 63.3 Å². The van der Waals surface area contributed by atoms with Gasteiger partial charge in [0.15, 0.2) is 11.6 Å². The lowest BCUT2D eigenvalue weighted by molar-refractivity contribution is -0.133. The molecule has 9 heteroatoms. The van der Waals surface area contributed by atoms with Crippen LogP contribution in [0, 0.1) is 17.7 Å². The second-order valence-corrected chi connectivity index (χ2v) is 11.7. The van der Waals surface area contributed by atoms with Gasteiger partial charge in [-0.05, 0) is 56.6 Å². The van der Waals surface area contributed by atoms with Crippen LogP contribution in [0.15, 0.2) is 22.9 Å². The number of ketones is 1. The fourth-order valence-corrected chi connectivity index (χ4v) is 6.44. The van der Waals surface area contributed by atoms with Crippen molar-refractivity contribution in [3.63, 3.8) is 0 Å². The van der Waals surface area contributed by atoms with E-state index in [4.69, 9.17) is 9.51 Å². The van der Waals surface area contributed by atoms with E-state index < -0.39 is 0 Å². The quantitative estimate of drug-likeness (QED) is 0.363. The number of aromatic amines is 1. The molecule has 8 nitrogen and oxygen atoms in total. The summed E-state index contributed by atoms with van der Waals surface area (Å²) >= 11 is 0. The highest BCUT2D eigenvalue weighted by atomic mass is 19.1. The summed E-state index contributed by atoms with van der Waals surface area (Å²) < 4.78 is 21.0. The first-order chi connectivity index (χ1) is 18.8. The van der Waals surface area contributed by atoms with Gasteiger partial charge in [0.25, 0.3) is 0 Å². The molecule has 2 atom stereocenters. The topological polar surface area (TPSA) is 95.3 Å². The van der Waals surface area contributed by atoms with Gasteiger partial charge in [-0.2, -0.15) is 0 Å². The van der Waals surface area contributed by atoms with Gasteiger partial charge in [0.1, 0.15) is 17.6 Å². The number of imidazole rings is 1. The number of H-pyrrole nitrogens is 1. The maximum Gasteiger partial charge on any atom is 0.239 e. The number of carbonyl (C=O) groups is 2. The molecular formula is C30H40FN5O3. The number of carbonyl (C=O) groups excluding carboxylic acids is 2. The number of hydrogen-bond acceptors (Lipinski definition) is 6. The van der Waals surface area contributed by atoms with E-state index in [-0.39, 0.29) is 35.9 Å². The zero-order valence-corrected chi connectivity index (χ0v) is 23.5. The Balaban J connectivity index is 1.43. The minimum Gasteiger partial charge on any atom is -0.364 e. The number of likely N-dealkylation sites (tertiary alicyclic amines) is 1. The maximum atomic E-state index is 15.9. The first-order valence-corrected chi connectivity index (χ1v) is 14.3. The van der Waals surface area contributed by atoms with E-state index in [1.807, 2.05) is 13.0 Å². The van der Waals surface area contributed by atoms with Gasteiger partial charge in [0.05, 0.1) is 22.8 Å². The molecule has 2 aromatic heterocycles. The van der Waals surface area contributed by atoms with Crippen LogP contribution >= 0.6 is 0 Å². The molecule has 5 rings (SSSR count). The Morgan fingerprint density at radius 2 is 1.97 bits per heavy atom. The highest BCUT2D eigenvalue weighted by Crippen LogP contribution is 2.40. The molecule has 1 aliphatic carbocycles. The number of amides is 1. The first kappa shape index (κ1) is 27.5. The summed E-state index contributed by atoms with van der Waals surface area (Å²) in [5.41, 5.74) is 2.68. The van der Waals surface area contributed by atoms with Gasteiger partial charge >= 0.3 is 0 Å². The Bertz CT molecular complexity index is 1320. The number of nitrogens with zero attached hydrogens (tertiary/aromatic N) is 4. The van der Waals surface area contributed by atoms with E-state index in [2.05, 4.69) is 22.0 Å². The Morgan fingerprint density at radius 1 is 1.21 bits per heavy atom. The lowest BCUT2D eigenvalue weighted by Gasteiger charge is -2.31. The van der Waals surface area contributed by atoms with Crippen LogP contribution in [0.5, 0.6) is 0 Å². The third kappa shape index (κ3) is 5.64. The van der Waals surface area contributed by atoms with Crippen LogP contribution in [0.3, 0.4) is 0 Å². The fraction of sp³-hybridized carbons (Fsp3) is 0.600. The molecule has 2 aliphatic rings. The van der Waals surface area contributed by atoms with E-state index in [0.717, 1.165) is 45.1 Å². The van der Waals surface area contributed by atoms with Gasteiger partial charge in [-0.25, -0.2) is 9.37 Å². The monoisotopic (exact) mass is 537 g/mol. The van der Waals surface area contributed by atoms with E-state index >= 15 is 4.39 Å². The Kier molecular flexibility index (Phi) is 8.16. The van der Waals surface area contributed by atoms with Crippen LogP contribution < -0.4 is 0 Å². The molecule has 1 saturated carbocycles. The lowest BCUT2D eigenvalue weighted by Crippen LogP contribution is -2.42. The third-order valence-corrected chi connectivity index (χ3v) is 8.82. The number of halogens is 1. The summed E-state index contributed by atoms with van der Waals surface area (Å²) in [7, 11) is 3.52. The van der Waals surface area contributed by atoms with Crippen LogP contribution in [-0.2, 0) is 17.8 Å². The van der Waals surface area contributed by atoms with Gasteiger partial charge in [-0.3, -0.25) is 14.5 Å². The zero-order chi connectivity index (χ0) is 27.7. The molecule has 1 aromatic carbocycles. The molecule has 1 N–H and O–H groups in total. The normalized spacial score (nSPS) is 22.8. The minimum absolute atomic E-state index is 0.0102. The average molecular weight is 538 g/mol. The number of benzene rings is 1. The summed E-state index contributed by atoms with van der Waals surface area (Å²) in [4.78, 5) is 37.9. The predicted molar refractivity (Wildman–Crippen MR) is 147 cm³/mol. The van der Waals surface area contributed by atoms with E-state index in [9.17, 15) is 9.59 Å². The minimum atomic E-state index is -0.354. The van der Waals surface area contributed by atoms with Crippen LogP contribution in [0.1, 0.15) is 92.2 Å². The zero-order valence-electron chi connectivity index (χ0n) is 23.5. The molecule has 0 unspecified atom stereocenters. The van der Waals surface area contributed by atoms with Crippen molar-refractivity contribution in [3.8, 4) is 0 Å². The molecule has 1 saturated heterocycles. The molecule has 3 aromatic rings. The summed E-state index contributed by atoms with van der Waals surface area (Å²) in [5.74, 6) is 1.19. The second kappa shape index (κ2) is 11.6. The molecule has 1 amide bonds. The van der Waals surface area contributed by atoms with Gasteiger partial charge in [0.2, 0.25) is 5.91 Å². The van der Waals surface area contributed by atoms with Gasteiger partial charge in [0, 0.05) is 38.5 Å². The SMILES string of the molecule is CCc1nocc1C(=O)C[C@H](c1nc2c(F)c(CN3CCC[C@@H]3C(=O)N(C)C)ccc2[nH]1)C1CCC(C)CC1. The number of aromatic nitrogens is 3. The molecule has 0 bridgehead atoms. The van der Waals surface area contributed by atoms with Crippen molar-refractivity contribution in [2.24, 2.45) is 11.8 Å². The van der Waals surface area contributed by atoms with Crippen molar-refractivity contribution in [2.75, 3.05) is 20.6 Å². The smallest absolute Gasteiger partial charge is 0.239 e. The third-order valence-electron chi connectivity index (χ3n) is 8.82. The van der Waals surface area contributed by atoms with Gasteiger partial charge < -0.3 is 14.4 Å². The standard InChI is InChI=1S/C30H40FN5O3/c1-5-23-22(17-39-34-23)26(37)15-21(19-10-8-18(2)9-11-19)29-32-24-13-12-20(27(31)28(24)33-29)16-36-14-6-7-25(36)30(38)35(3)4/h12-13,17-19,21,25H,5-11,14-16H2,1-4H3,(H,32,33)/t18?,19?,21-,25+/m0/s1. The van der Waals surface area contributed by atoms with Crippen LogP contribution in [0.4, 0.5) is 4.39 Å². The molecule has 0 spiro atoms. The highest BCUT2D eigenvalue weighted by molar-refractivity contribution is 5.97. The number of hydrogen-bond donors (Lipinski definition) is 1. The summed E-state index contributed by atoms with van der Waals surface area (Å²) in [6.45, 7) is 5.36. The first-order valence-electron chi connectivity index (χ1n) is 14.3. The number of likely N-dealkylation sites (N-methyl/N-ethyl adjacent to an activating group) is 1. The molecule has 3 heterocycles. The van der Waals surface area contributed by atoms with Gasteiger partial charge in [-0.1, -0.05) is 37.9 Å². The number of fused-ring (bicyclic) bond motifs is 1. The highest BCUT2D eigenvalue weighted by Gasteiger charge is 2.34. The summed E-state index contributed by atoms with van der Waals surface area (Å²) in [6.07, 6.45) is 8.32. The van der Waals surface area contributed by atoms with E-state index in [1.165, 1.54) is 6.26 Å². The largest absolute Gasteiger partial charge is 0.364 e. The Labute approximate surface area is 229 Å². The van der Waals surface area contributed by atoms with Crippen molar-refractivity contribution in [1.82, 2.24) is 24.9 Å². The maximum absolute atomic E-state index is 15.9. The number of nitrogens with one attached hydrogen (secondary N) is 1. The Hall–Kier alpha value is -3.07. The summed E-state index contributed by atoms with van der Waals surface area (Å²) in [6, 6.07) is 3.45. The average Bonchev–Trinajstić information content (AvgIpc) is 3.68. The van der Waals surface area contributed by atoms with Crippen molar-refractivity contribution < 1.29 is 18.5 Å². The van der Waals surface area contributed by atoms with E-state index in [1.54, 1.807) is 25.1 Å². The fourth-order valence-electron chi connectivity index (χ4n) is 6.44. The number of Topliss-reactive ketones (excluding diaryl/α,β-unsaturated/α-hetero) is 1. The van der Waals surface area contributed by atoms with Crippen molar-refractivity contribution >= 4 is 22.7 Å². The Morgan fingerprint density at radius 3 is 2.69 bits per heavy atom. The molecule has 210 valence electrons. The molecule has 1 aliphatic heterocycles. The number of rotatable bonds is 9. The van der Waals surface area contributed by atoms with Crippen molar-refractivity contribution in [3.05, 3.63) is 46.9 Å². The van der Waals surface area contributed by atoms with Crippen molar-refractivity contribution in [2.45, 2.75) is 83.7 Å². The van der Waals surface area contributed by atoms with Crippen LogP contribution in [0.2, 0.25) is 0 Å².